The summed E-state index contributed by atoms with van der Waals surface area (Å²) in [6, 6.07) is 3.42. The van der Waals surface area contributed by atoms with Crippen molar-refractivity contribution in [3.8, 4) is 22.4 Å². The number of thiazole rings is 1. The number of carboxylic acid groups (broad SMARTS) is 2. The van der Waals surface area contributed by atoms with Crippen molar-refractivity contribution in [1.29, 1.82) is 0 Å². The van der Waals surface area contributed by atoms with Gasteiger partial charge in [0.1, 0.15) is 17.0 Å². The molecule has 15 heteroatoms. The third-order valence-corrected chi connectivity index (χ3v) is 7.37. The number of carboxylic acids is 2. The smallest absolute Gasteiger partial charge is 0.341 e. The molecule has 0 saturated carbocycles. The molecule has 1 aromatic carbocycles. The van der Waals surface area contributed by atoms with Gasteiger partial charge < -0.3 is 20.4 Å². The molecule has 0 aliphatic rings. The predicted octanol–water partition coefficient (Wildman–Crippen LogP) is 4.38. The fourth-order valence-corrected chi connectivity index (χ4v) is 5.35. The van der Waals surface area contributed by atoms with E-state index in [2.05, 4.69) is 30.6 Å². The first-order valence-corrected chi connectivity index (χ1v) is 13.3. The zero-order valence-electron chi connectivity index (χ0n) is 22.1. The van der Waals surface area contributed by atoms with Crippen LogP contribution in [0.4, 0.5) is 24.7 Å². The molecule has 0 atom stereocenters. The highest BCUT2D eigenvalue weighted by Crippen LogP contribution is 2.41. The Labute approximate surface area is 236 Å². The van der Waals surface area contributed by atoms with Crippen LogP contribution in [0, 0.1) is 11.6 Å². The van der Waals surface area contributed by atoms with Gasteiger partial charge in [-0.2, -0.15) is 0 Å². The second kappa shape index (κ2) is 11.8. The van der Waals surface area contributed by atoms with Gasteiger partial charge in [0.05, 0.1) is 4.70 Å². The van der Waals surface area contributed by atoms with E-state index in [4.69, 9.17) is 0 Å². The molecule has 0 spiro atoms. The molecular weight excluding hydrogens is 560 g/mol. The first-order valence-electron chi connectivity index (χ1n) is 12.4. The average molecular weight is 586 g/mol. The lowest BCUT2D eigenvalue weighted by Gasteiger charge is -2.35. The molecule has 3 heterocycles. The van der Waals surface area contributed by atoms with E-state index >= 15 is 4.39 Å². The van der Waals surface area contributed by atoms with E-state index < -0.39 is 35.1 Å². The monoisotopic (exact) mass is 585 g/mol. The maximum atomic E-state index is 15.9. The van der Waals surface area contributed by atoms with Crippen LogP contribution in [0.3, 0.4) is 0 Å². The number of aliphatic carboxylic acids is 2. The maximum absolute atomic E-state index is 15.9. The van der Waals surface area contributed by atoms with E-state index in [0.29, 0.717) is 6.54 Å². The third-order valence-electron chi connectivity index (χ3n) is 6.36. The summed E-state index contributed by atoms with van der Waals surface area (Å²) in [5.74, 6) is -4.82. The molecule has 4 aromatic rings. The number of likely N-dealkylation sites (N-methyl/N-ethyl adjacent to an activating group) is 1. The molecule has 0 bridgehead atoms. The largest absolute Gasteiger partial charge is 0.479 e. The minimum Gasteiger partial charge on any atom is -0.479 e. The fourth-order valence-electron chi connectivity index (χ4n) is 4.37. The molecule has 2 amide bonds. The molecule has 0 aliphatic carbocycles. The Bertz CT molecular complexity index is 1620. The topological polar surface area (TPSA) is 171 Å². The Morgan fingerprint density at radius 1 is 1.05 bits per heavy atom. The zero-order chi connectivity index (χ0) is 29.9. The van der Waals surface area contributed by atoms with E-state index in [1.54, 1.807) is 13.8 Å². The van der Waals surface area contributed by atoms with Gasteiger partial charge in [0.25, 0.3) is 0 Å². The van der Waals surface area contributed by atoms with E-state index in [-0.39, 0.29) is 56.6 Å². The van der Waals surface area contributed by atoms with Crippen LogP contribution >= 0.6 is 11.3 Å². The van der Waals surface area contributed by atoms with Crippen molar-refractivity contribution < 1.29 is 33.4 Å². The van der Waals surface area contributed by atoms with Gasteiger partial charge in [0.2, 0.25) is 11.5 Å². The lowest BCUT2D eigenvalue weighted by Crippen LogP contribution is -2.60. The van der Waals surface area contributed by atoms with E-state index in [0.717, 1.165) is 16.2 Å². The van der Waals surface area contributed by atoms with Crippen LogP contribution < -0.4 is 15.5 Å². The number of hydrogen-bond donors (Lipinski definition) is 4. The molecule has 0 radical (unpaired) electrons. The molecule has 12 nitrogen and oxygen atoms in total. The number of nitrogens with one attached hydrogen (secondary N) is 2. The normalized spacial score (nSPS) is 11.3. The van der Waals surface area contributed by atoms with Gasteiger partial charge in [-0.1, -0.05) is 18.3 Å². The summed E-state index contributed by atoms with van der Waals surface area (Å²) in [6.45, 7) is 5.01. The number of nitrogens with zero attached hydrogens (tertiary/aromatic N) is 5. The van der Waals surface area contributed by atoms with E-state index in [1.807, 2.05) is 0 Å². The van der Waals surface area contributed by atoms with Gasteiger partial charge in [-0.15, -0.1) is 0 Å². The van der Waals surface area contributed by atoms with Gasteiger partial charge in [0, 0.05) is 48.4 Å². The third kappa shape index (κ3) is 5.23. The van der Waals surface area contributed by atoms with Crippen LogP contribution in [0.5, 0.6) is 0 Å². The lowest BCUT2D eigenvalue weighted by atomic mass is 9.94. The standard InChI is InChI=1S/C26H25F2N7O5S/c1-4-26(21(36)37,22(38)39)35(6-3)23-31-11-13(12-32-23)14-10-15(18-16(27)8-7-9-30-18)20-19(17(14)28)33-25(41-20)34-24(40)29-5-2/h7-12H,4-6H2,1-3H3,(H,36,37)(H,38,39)(H2,29,33,34,40). The van der Waals surface area contributed by atoms with Gasteiger partial charge in [0.15, 0.2) is 10.9 Å². The Morgan fingerprint density at radius 3 is 2.29 bits per heavy atom. The second-order valence-electron chi connectivity index (χ2n) is 8.64. The Hall–Kier alpha value is -4.79. The fraction of sp³-hybridized carbons (Fsp3) is 0.269. The van der Waals surface area contributed by atoms with Crippen LogP contribution in [-0.4, -0.2) is 66.7 Å². The van der Waals surface area contributed by atoms with Crippen LogP contribution in [0.2, 0.25) is 0 Å². The molecule has 0 saturated heterocycles. The molecule has 0 aliphatic heterocycles. The zero-order valence-corrected chi connectivity index (χ0v) is 22.9. The molecule has 214 valence electrons. The number of urea groups is 1. The Balaban J connectivity index is 1.87. The number of pyridine rings is 1. The summed E-state index contributed by atoms with van der Waals surface area (Å²) in [5.41, 5.74) is -2.28. The van der Waals surface area contributed by atoms with Gasteiger partial charge in [-0.25, -0.2) is 38.1 Å². The van der Waals surface area contributed by atoms with Gasteiger partial charge >= 0.3 is 18.0 Å². The summed E-state index contributed by atoms with van der Waals surface area (Å²) < 4.78 is 31.0. The number of fused-ring (bicyclic) bond motifs is 1. The SMILES string of the molecule is CCNC(=O)Nc1nc2c(F)c(-c3cnc(N(CC)C(CC)(C(=O)O)C(=O)O)nc3)cc(-c3ncccc3F)c2s1. The van der Waals surface area contributed by atoms with Crippen molar-refractivity contribution in [3.05, 3.63) is 48.4 Å². The molecule has 0 fully saturated rings. The number of carbonyl (C=O) groups excluding carboxylic acids is 1. The minimum absolute atomic E-state index is 0.0462. The lowest BCUT2D eigenvalue weighted by molar-refractivity contribution is -0.157. The number of hydrogen-bond acceptors (Lipinski definition) is 9. The Morgan fingerprint density at radius 2 is 1.73 bits per heavy atom. The Kier molecular flexibility index (Phi) is 8.37. The number of rotatable bonds is 10. The highest BCUT2D eigenvalue weighted by Gasteiger charge is 2.51. The van der Waals surface area contributed by atoms with Crippen LogP contribution in [0.15, 0.2) is 36.8 Å². The molecule has 41 heavy (non-hydrogen) atoms. The van der Waals surface area contributed by atoms with Crippen LogP contribution in [0.25, 0.3) is 32.6 Å². The number of amides is 2. The summed E-state index contributed by atoms with van der Waals surface area (Å²) in [6.07, 6.45) is 3.51. The maximum Gasteiger partial charge on any atom is 0.341 e. The van der Waals surface area contributed by atoms with Crippen molar-refractivity contribution in [2.24, 2.45) is 0 Å². The highest BCUT2D eigenvalue weighted by atomic mass is 32.1. The number of halogens is 2. The summed E-state index contributed by atoms with van der Waals surface area (Å²) in [5, 5.41) is 24.7. The molecule has 4 N–H and O–H groups in total. The van der Waals surface area contributed by atoms with Crippen molar-refractivity contribution >= 4 is 50.6 Å². The van der Waals surface area contributed by atoms with Crippen LogP contribution in [0.1, 0.15) is 27.2 Å². The number of aromatic nitrogens is 4. The first-order chi connectivity index (χ1) is 19.6. The van der Waals surface area contributed by atoms with Gasteiger partial charge in [-0.05, 0) is 38.5 Å². The van der Waals surface area contributed by atoms with E-state index in [1.165, 1.54) is 43.7 Å². The highest BCUT2D eigenvalue weighted by molar-refractivity contribution is 7.22. The van der Waals surface area contributed by atoms with Gasteiger partial charge in [-0.3, -0.25) is 10.3 Å². The number of carbonyl (C=O) groups is 3. The average Bonchev–Trinajstić information content (AvgIpc) is 3.36. The summed E-state index contributed by atoms with van der Waals surface area (Å²) >= 11 is 0.941. The summed E-state index contributed by atoms with van der Waals surface area (Å²) in [4.78, 5) is 53.8. The molecule has 0 unspecified atom stereocenters. The first kappa shape index (κ1) is 29.2. The minimum atomic E-state index is -2.32. The van der Waals surface area contributed by atoms with Crippen molar-refractivity contribution in [1.82, 2.24) is 25.3 Å². The predicted molar refractivity (Wildman–Crippen MR) is 148 cm³/mol. The summed E-state index contributed by atoms with van der Waals surface area (Å²) in [7, 11) is 0. The molecular formula is C26H25F2N7O5S. The molecule has 3 aromatic heterocycles. The van der Waals surface area contributed by atoms with Crippen LogP contribution in [-0.2, 0) is 9.59 Å². The van der Waals surface area contributed by atoms with Crippen molar-refractivity contribution in [2.75, 3.05) is 23.3 Å². The number of benzene rings is 1. The van der Waals surface area contributed by atoms with E-state index in [9.17, 15) is 29.0 Å². The van der Waals surface area contributed by atoms with Crippen molar-refractivity contribution in [2.45, 2.75) is 32.7 Å². The molecule has 4 rings (SSSR count). The van der Waals surface area contributed by atoms with Crippen molar-refractivity contribution in [3.63, 3.8) is 0 Å². The quantitative estimate of drug-likeness (QED) is 0.196. The second-order valence-corrected chi connectivity index (χ2v) is 9.64. The number of anilines is 2.